The standard InChI is InChI=1S/C22H22Cl2N2O3/c1-15-5-2-3-7-18(15)21(16-8-9-19(23)20(24)13-16)25-29-12-11-26-10-4-6-17(14-26)22(27)28/h2-3,5-9,13H,4,10-12,14H2,1H3,(H,27,28)/b25-21-. The molecule has 0 aromatic heterocycles. The summed E-state index contributed by atoms with van der Waals surface area (Å²) >= 11 is 12.3. The Morgan fingerprint density at radius 2 is 2.00 bits per heavy atom. The van der Waals surface area contributed by atoms with Gasteiger partial charge in [0.2, 0.25) is 0 Å². The molecule has 2 aromatic carbocycles. The molecule has 0 unspecified atom stereocenters. The Hall–Kier alpha value is -2.34. The van der Waals surface area contributed by atoms with Gasteiger partial charge < -0.3 is 9.94 Å². The summed E-state index contributed by atoms with van der Waals surface area (Å²) in [4.78, 5) is 18.8. The average molecular weight is 433 g/mol. The molecule has 1 aliphatic heterocycles. The van der Waals surface area contributed by atoms with Crippen molar-refractivity contribution >= 4 is 34.9 Å². The lowest BCUT2D eigenvalue weighted by molar-refractivity contribution is -0.133. The molecule has 0 aliphatic carbocycles. The minimum absolute atomic E-state index is 0.351. The number of halogens is 2. The number of oxime groups is 1. The summed E-state index contributed by atoms with van der Waals surface area (Å²) in [6.07, 6.45) is 2.50. The first-order valence-corrected chi connectivity index (χ1v) is 10.1. The Balaban J connectivity index is 1.74. The predicted octanol–water partition coefficient (Wildman–Crippen LogP) is 4.79. The number of nitrogens with zero attached hydrogens (tertiary/aromatic N) is 2. The number of aryl methyl sites for hydroxylation is 1. The van der Waals surface area contributed by atoms with E-state index in [1.807, 2.05) is 42.2 Å². The molecule has 0 saturated heterocycles. The molecule has 29 heavy (non-hydrogen) atoms. The molecule has 0 spiro atoms. The van der Waals surface area contributed by atoms with Gasteiger partial charge in [0.05, 0.1) is 10.0 Å². The molecule has 7 heteroatoms. The van der Waals surface area contributed by atoms with Crippen LogP contribution in [0, 0.1) is 6.92 Å². The zero-order chi connectivity index (χ0) is 20.8. The molecule has 0 atom stereocenters. The number of aliphatic carboxylic acids is 1. The monoisotopic (exact) mass is 432 g/mol. The van der Waals surface area contributed by atoms with Crippen molar-refractivity contribution in [3.63, 3.8) is 0 Å². The molecule has 0 radical (unpaired) electrons. The number of carboxylic acids is 1. The largest absolute Gasteiger partial charge is 0.478 e. The van der Waals surface area contributed by atoms with E-state index in [1.54, 1.807) is 18.2 Å². The van der Waals surface area contributed by atoms with E-state index in [0.29, 0.717) is 41.0 Å². The highest BCUT2D eigenvalue weighted by molar-refractivity contribution is 6.42. The maximum Gasteiger partial charge on any atom is 0.332 e. The minimum Gasteiger partial charge on any atom is -0.478 e. The van der Waals surface area contributed by atoms with E-state index in [2.05, 4.69) is 5.16 Å². The van der Waals surface area contributed by atoms with E-state index in [0.717, 1.165) is 29.7 Å². The van der Waals surface area contributed by atoms with Crippen LogP contribution in [0.25, 0.3) is 0 Å². The van der Waals surface area contributed by atoms with Gasteiger partial charge in [-0.25, -0.2) is 4.79 Å². The molecular formula is C22H22Cl2N2O3. The molecule has 0 saturated carbocycles. The average Bonchev–Trinajstić information content (AvgIpc) is 2.71. The zero-order valence-electron chi connectivity index (χ0n) is 16.1. The summed E-state index contributed by atoms with van der Waals surface area (Å²) in [5.74, 6) is -0.866. The second kappa shape index (κ2) is 9.92. The van der Waals surface area contributed by atoms with Gasteiger partial charge in [-0.1, -0.05) is 64.8 Å². The van der Waals surface area contributed by atoms with Crippen LogP contribution in [0.1, 0.15) is 23.1 Å². The molecule has 152 valence electrons. The van der Waals surface area contributed by atoms with E-state index in [4.69, 9.17) is 33.1 Å². The minimum atomic E-state index is -0.866. The quantitative estimate of drug-likeness (QED) is 0.388. The van der Waals surface area contributed by atoms with Gasteiger partial charge in [0.25, 0.3) is 0 Å². The topological polar surface area (TPSA) is 62.1 Å². The van der Waals surface area contributed by atoms with Crippen LogP contribution in [0.4, 0.5) is 0 Å². The molecule has 0 fully saturated rings. The smallest absolute Gasteiger partial charge is 0.332 e. The third kappa shape index (κ3) is 5.60. The van der Waals surface area contributed by atoms with Crippen molar-refractivity contribution in [3.05, 3.63) is 80.8 Å². The maximum absolute atomic E-state index is 11.1. The first kappa shape index (κ1) is 21.4. The summed E-state index contributed by atoms with van der Waals surface area (Å²) in [6, 6.07) is 13.3. The summed E-state index contributed by atoms with van der Waals surface area (Å²) in [6.45, 7) is 4.18. The third-order valence-corrected chi connectivity index (χ3v) is 5.49. The summed E-state index contributed by atoms with van der Waals surface area (Å²) in [5, 5.41) is 14.5. The summed E-state index contributed by atoms with van der Waals surface area (Å²) < 4.78 is 0. The van der Waals surface area contributed by atoms with Crippen LogP contribution in [-0.2, 0) is 9.63 Å². The molecule has 0 bridgehead atoms. The van der Waals surface area contributed by atoms with Gasteiger partial charge in [-0.15, -0.1) is 0 Å². The second-order valence-corrected chi connectivity index (χ2v) is 7.63. The van der Waals surface area contributed by atoms with Gasteiger partial charge in [-0.05, 0) is 31.0 Å². The van der Waals surface area contributed by atoms with Gasteiger partial charge in [-0.2, -0.15) is 0 Å². The van der Waals surface area contributed by atoms with E-state index in [-0.39, 0.29) is 0 Å². The maximum atomic E-state index is 11.1. The lowest BCUT2D eigenvalue weighted by Crippen LogP contribution is -2.34. The lowest BCUT2D eigenvalue weighted by Gasteiger charge is -2.24. The first-order valence-electron chi connectivity index (χ1n) is 9.32. The van der Waals surface area contributed by atoms with Crippen molar-refractivity contribution < 1.29 is 14.7 Å². The van der Waals surface area contributed by atoms with Crippen molar-refractivity contribution in [3.8, 4) is 0 Å². The van der Waals surface area contributed by atoms with Crippen LogP contribution in [0.5, 0.6) is 0 Å². The van der Waals surface area contributed by atoms with Crippen molar-refractivity contribution in [1.82, 2.24) is 4.90 Å². The molecular weight excluding hydrogens is 411 g/mol. The molecule has 1 N–H and O–H groups in total. The fraction of sp³-hybridized carbons (Fsp3) is 0.273. The Kier molecular flexibility index (Phi) is 7.31. The molecule has 1 heterocycles. The van der Waals surface area contributed by atoms with E-state index >= 15 is 0 Å². The van der Waals surface area contributed by atoms with Gasteiger partial charge in [0.15, 0.2) is 0 Å². The molecule has 2 aromatic rings. The van der Waals surface area contributed by atoms with Gasteiger partial charge in [0.1, 0.15) is 12.3 Å². The van der Waals surface area contributed by atoms with Gasteiger partial charge in [0, 0.05) is 36.3 Å². The zero-order valence-corrected chi connectivity index (χ0v) is 17.6. The number of hydrogen-bond acceptors (Lipinski definition) is 4. The summed E-state index contributed by atoms with van der Waals surface area (Å²) in [7, 11) is 0. The van der Waals surface area contributed by atoms with Crippen LogP contribution in [0.3, 0.4) is 0 Å². The van der Waals surface area contributed by atoms with Crippen molar-refractivity contribution in [2.75, 3.05) is 26.2 Å². The van der Waals surface area contributed by atoms with E-state index < -0.39 is 5.97 Å². The van der Waals surface area contributed by atoms with Crippen LogP contribution in [-0.4, -0.2) is 47.9 Å². The Bertz CT molecular complexity index is 957. The molecule has 5 nitrogen and oxygen atoms in total. The van der Waals surface area contributed by atoms with Crippen LogP contribution >= 0.6 is 23.2 Å². The van der Waals surface area contributed by atoms with E-state index in [1.165, 1.54) is 0 Å². The fourth-order valence-electron chi connectivity index (χ4n) is 3.17. The second-order valence-electron chi connectivity index (χ2n) is 6.82. The lowest BCUT2D eigenvalue weighted by atomic mass is 9.98. The Labute approximate surface area is 180 Å². The van der Waals surface area contributed by atoms with Gasteiger partial charge in [-0.3, -0.25) is 4.90 Å². The van der Waals surface area contributed by atoms with Crippen molar-refractivity contribution in [2.45, 2.75) is 13.3 Å². The number of carboxylic acid groups (broad SMARTS) is 1. The number of rotatable bonds is 7. The number of benzene rings is 2. The molecule has 0 amide bonds. The molecule has 3 rings (SSSR count). The van der Waals surface area contributed by atoms with Crippen molar-refractivity contribution in [1.29, 1.82) is 0 Å². The predicted molar refractivity (Wildman–Crippen MR) is 116 cm³/mol. The first-order chi connectivity index (χ1) is 14.0. The highest BCUT2D eigenvalue weighted by Crippen LogP contribution is 2.25. The Morgan fingerprint density at radius 3 is 2.72 bits per heavy atom. The van der Waals surface area contributed by atoms with Gasteiger partial charge >= 0.3 is 5.97 Å². The highest BCUT2D eigenvalue weighted by Gasteiger charge is 2.17. The normalized spacial score (nSPS) is 15.1. The van der Waals surface area contributed by atoms with E-state index in [9.17, 15) is 4.79 Å². The number of hydrogen-bond donors (Lipinski definition) is 1. The SMILES string of the molecule is Cc1ccccc1/C(=N\OCCN1CCC=C(C(=O)O)C1)c1ccc(Cl)c(Cl)c1. The van der Waals surface area contributed by atoms with Crippen LogP contribution in [0.2, 0.25) is 10.0 Å². The Morgan fingerprint density at radius 1 is 1.21 bits per heavy atom. The highest BCUT2D eigenvalue weighted by atomic mass is 35.5. The molecule has 1 aliphatic rings. The van der Waals surface area contributed by atoms with Crippen LogP contribution < -0.4 is 0 Å². The fourth-order valence-corrected chi connectivity index (χ4v) is 3.47. The number of carbonyl (C=O) groups is 1. The van der Waals surface area contributed by atoms with Crippen LogP contribution in [0.15, 0.2) is 59.3 Å². The van der Waals surface area contributed by atoms with Crippen molar-refractivity contribution in [2.24, 2.45) is 5.16 Å². The third-order valence-electron chi connectivity index (χ3n) is 4.75. The summed E-state index contributed by atoms with van der Waals surface area (Å²) in [5.41, 5.74) is 3.92.